The van der Waals surface area contributed by atoms with Crippen molar-refractivity contribution in [1.29, 1.82) is 0 Å². The number of carboxylic acid groups (broad SMARTS) is 1. The Bertz CT molecular complexity index is 1170. The number of aryl methyl sites for hydroxylation is 1. The molecule has 0 bridgehead atoms. The minimum absolute atomic E-state index is 0.321. The highest BCUT2D eigenvalue weighted by Gasteiger charge is 2.15. The van der Waals surface area contributed by atoms with Gasteiger partial charge in [0.2, 0.25) is 0 Å². The fourth-order valence-electron chi connectivity index (χ4n) is 3.55. The fourth-order valence-corrected chi connectivity index (χ4v) is 3.55. The van der Waals surface area contributed by atoms with E-state index in [1.54, 1.807) is 19.2 Å². The summed E-state index contributed by atoms with van der Waals surface area (Å²) >= 11 is 0. The molecule has 5 nitrogen and oxygen atoms in total. The molecule has 4 rings (SSSR count). The number of hydrogen-bond acceptors (Lipinski definition) is 2. The third-order valence-electron chi connectivity index (χ3n) is 4.98. The minimum Gasteiger partial charge on any atom is -0.478 e. The van der Waals surface area contributed by atoms with Crippen LogP contribution in [0.3, 0.4) is 0 Å². The van der Waals surface area contributed by atoms with Crippen LogP contribution in [-0.2, 0) is 11.3 Å². The van der Waals surface area contributed by atoms with Crippen molar-refractivity contribution in [3.05, 3.63) is 89.5 Å². The van der Waals surface area contributed by atoms with Crippen LogP contribution in [0.2, 0.25) is 0 Å². The minimum atomic E-state index is -0.900. The molecule has 2 aromatic heterocycles. The zero-order valence-electron chi connectivity index (χ0n) is 15.8. The summed E-state index contributed by atoms with van der Waals surface area (Å²) in [6.45, 7) is 4.45. The fraction of sp³-hybridized carbons (Fsp3) is 0.130. The van der Waals surface area contributed by atoms with Gasteiger partial charge in [0.15, 0.2) is 0 Å². The maximum absolute atomic E-state index is 11.0. The van der Waals surface area contributed by atoms with Gasteiger partial charge in [0.1, 0.15) is 12.1 Å². The summed E-state index contributed by atoms with van der Waals surface area (Å²) in [6, 6.07) is 16.4. The number of carbonyl (C=O) groups is 1. The number of aromatic nitrogens is 3. The highest BCUT2D eigenvalue weighted by Crippen LogP contribution is 2.29. The summed E-state index contributed by atoms with van der Waals surface area (Å²) in [5, 5.41) is 10.3. The second-order valence-corrected chi connectivity index (χ2v) is 6.90. The molecule has 4 aromatic rings. The SMILES string of the molecule is C/C(=C\c1ccc(Cn2c(-n3ccnc3)c(C)c3ccccc32)cc1)C(=O)O. The first-order valence-electron chi connectivity index (χ1n) is 9.11. The maximum Gasteiger partial charge on any atom is 0.331 e. The van der Waals surface area contributed by atoms with Crippen molar-refractivity contribution in [2.45, 2.75) is 20.4 Å². The zero-order valence-corrected chi connectivity index (χ0v) is 15.8. The molecule has 2 heterocycles. The predicted molar refractivity (Wildman–Crippen MR) is 111 cm³/mol. The van der Waals surface area contributed by atoms with Gasteiger partial charge in [-0.05, 0) is 42.7 Å². The molecule has 0 aliphatic heterocycles. The lowest BCUT2D eigenvalue weighted by atomic mass is 10.1. The Morgan fingerprint density at radius 2 is 1.89 bits per heavy atom. The van der Waals surface area contributed by atoms with Crippen molar-refractivity contribution < 1.29 is 9.90 Å². The Morgan fingerprint density at radius 1 is 1.14 bits per heavy atom. The topological polar surface area (TPSA) is 60.0 Å². The number of benzene rings is 2. The van der Waals surface area contributed by atoms with Gasteiger partial charge in [-0.3, -0.25) is 4.57 Å². The number of para-hydroxylation sites is 1. The van der Waals surface area contributed by atoms with Crippen LogP contribution in [0.1, 0.15) is 23.6 Å². The first-order valence-corrected chi connectivity index (χ1v) is 9.11. The van der Waals surface area contributed by atoms with Crippen molar-refractivity contribution in [2.24, 2.45) is 0 Å². The van der Waals surface area contributed by atoms with Gasteiger partial charge in [-0.2, -0.15) is 0 Å². The average molecular weight is 371 g/mol. The molecule has 140 valence electrons. The van der Waals surface area contributed by atoms with Crippen LogP contribution >= 0.6 is 0 Å². The first kappa shape index (κ1) is 17.8. The van der Waals surface area contributed by atoms with E-state index < -0.39 is 5.97 Å². The largest absolute Gasteiger partial charge is 0.478 e. The third-order valence-corrected chi connectivity index (χ3v) is 4.98. The van der Waals surface area contributed by atoms with Gasteiger partial charge >= 0.3 is 5.97 Å². The Hall–Kier alpha value is -3.60. The average Bonchev–Trinajstić information content (AvgIpc) is 3.31. The second-order valence-electron chi connectivity index (χ2n) is 6.90. The van der Waals surface area contributed by atoms with Crippen LogP contribution in [0.4, 0.5) is 0 Å². The van der Waals surface area contributed by atoms with Crippen LogP contribution in [0.5, 0.6) is 0 Å². The molecule has 0 saturated carbocycles. The highest BCUT2D eigenvalue weighted by atomic mass is 16.4. The molecule has 2 aromatic carbocycles. The van der Waals surface area contributed by atoms with Gasteiger partial charge in [0.05, 0.1) is 5.52 Å². The van der Waals surface area contributed by atoms with Crippen molar-refractivity contribution in [1.82, 2.24) is 14.1 Å². The third kappa shape index (κ3) is 3.22. The van der Waals surface area contributed by atoms with Crippen LogP contribution in [-0.4, -0.2) is 25.2 Å². The molecule has 1 N–H and O–H groups in total. The van der Waals surface area contributed by atoms with E-state index >= 15 is 0 Å². The smallest absolute Gasteiger partial charge is 0.331 e. The predicted octanol–water partition coefficient (Wildman–Crippen LogP) is 4.67. The van der Waals surface area contributed by atoms with Crippen LogP contribution in [0.15, 0.2) is 72.8 Å². The van der Waals surface area contributed by atoms with Gasteiger partial charge in [0.25, 0.3) is 0 Å². The number of imidazole rings is 1. The monoisotopic (exact) mass is 371 g/mol. The van der Waals surface area contributed by atoms with Crippen LogP contribution < -0.4 is 0 Å². The number of hydrogen-bond donors (Lipinski definition) is 1. The van der Waals surface area contributed by atoms with E-state index in [0.29, 0.717) is 12.1 Å². The number of carboxylic acids is 1. The van der Waals surface area contributed by atoms with E-state index in [2.05, 4.69) is 40.7 Å². The Morgan fingerprint density at radius 3 is 2.57 bits per heavy atom. The summed E-state index contributed by atoms with van der Waals surface area (Å²) in [5.74, 6) is 0.202. The molecular formula is C23H21N3O2. The van der Waals surface area contributed by atoms with E-state index in [4.69, 9.17) is 5.11 Å². The molecular weight excluding hydrogens is 350 g/mol. The molecule has 0 amide bonds. The van der Waals surface area contributed by atoms with E-state index in [1.165, 1.54) is 16.5 Å². The lowest BCUT2D eigenvalue weighted by Crippen LogP contribution is -2.07. The van der Waals surface area contributed by atoms with E-state index in [0.717, 1.165) is 16.9 Å². The van der Waals surface area contributed by atoms with Gasteiger partial charge in [-0.15, -0.1) is 0 Å². The summed E-state index contributed by atoms with van der Waals surface area (Å²) in [6.07, 6.45) is 7.24. The standard InChI is InChI=1S/C23H21N3O2/c1-16(23(27)28)13-18-7-9-19(10-8-18)14-26-21-6-4-3-5-20(21)17(2)22(26)25-12-11-24-15-25/h3-13,15H,14H2,1-2H3,(H,27,28)/b16-13+. The van der Waals surface area contributed by atoms with Gasteiger partial charge in [0, 0.05) is 29.9 Å². The first-order chi connectivity index (χ1) is 13.5. The lowest BCUT2D eigenvalue weighted by Gasteiger charge is -2.12. The molecule has 0 atom stereocenters. The van der Waals surface area contributed by atoms with Crippen molar-refractivity contribution in [2.75, 3.05) is 0 Å². The number of nitrogens with zero attached hydrogens (tertiary/aromatic N) is 3. The molecule has 5 heteroatoms. The van der Waals surface area contributed by atoms with Crippen molar-refractivity contribution >= 4 is 22.9 Å². The normalized spacial score (nSPS) is 11.9. The Balaban J connectivity index is 1.75. The number of fused-ring (bicyclic) bond motifs is 1. The van der Waals surface area contributed by atoms with Gasteiger partial charge in [-0.1, -0.05) is 42.5 Å². The summed E-state index contributed by atoms with van der Waals surface area (Å²) in [7, 11) is 0. The van der Waals surface area contributed by atoms with E-state index in [9.17, 15) is 4.79 Å². The molecule has 0 aliphatic carbocycles. The molecule has 0 unspecified atom stereocenters. The van der Waals surface area contributed by atoms with E-state index in [-0.39, 0.29) is 0 Å². The summed E-state index contributed by atoms with van der Waals surface area (Å²) in [5.41, 5.74) is 4.74. The number of aliphatic carboxylic acids is 1. The summed E-state index contributed by atoms with van der Waals surface area (Å²) in [4.78, 5) is 15.2. The Labute approximate surface area is 163 Å². The molecule has 0 aliphatic rings. The molecule has 28 heavy (non-hydrogen) atoms. The van der Waals surface area contributed by atoms with Gasteiger partial charge < -0.3 is 9.67 Å². The molecule has 0 saturated heterocycles. The van der Waals surface area contributed by atoms with Crippen molar-refractivity contribution in [3.63, 3.8) is 0 Å². The van der Waals surface area contributed by atoms with Crippen LogP contribution in [0, 0.1) is 6.92 Å². The molecule has 0 radical (unpaired) electrons. The highest BCUT2D eigenvalue weighted by molar-refractivity contribution is 5.91. The summed E-state index contributed by atoms with van der Waals surface area (Å²) < 4.78 is 4.34. The molecule has 0 fully saturated rings. The van der Waals surface area contributed by atoms with Gasteiger partial charge in [-0.25, -0.2) is 9.78 Å². The zero-order chi connectivity index (χ0) is 19.7. The quantitative estimate of drug-likeness (QED) is 0.519. The number of rotatable bonds is 5. The lowest BCUT2D eigenvalue weighted by molar-refractivity contribution is -0.132. The van der Waals surface area contributed by atoms with Crippen molar-refractivity contribution in [3.8, 4) is 5.82 Å². The molecule has 0 spiro atoms. The Kier molecular flexibility index (Phi) is 4.57. The van der Waals surface area contributed by atoms with Crippen LogP contribution in [0.25, 0.3) is 22.8 Å². The maximum atomic E-state index is 11.0. The van der Waals surface area contributed by atoms with E-state index in [1.807, 2.05) is 41.4 Å². The second kappa shape index (κ2) is 7.19.